The average Bonchev–Trinajstić information content (AvgIpc) is 2.51. The predicted molar refractivity (Wildman–Crippen MR) is 95.2 cm³/mol. The molecule has 0 aromatic heterocycles. The molecule has 0 spiro atoms. The Morgan fingerprint density at radius 3 is 2.04 bits per heavy atom. The topological polar surface area (TPSA) is 0 Å². The van der Waals surface area contributed by atoms with Gasteiger partial charge in [0.25, 0.3) is 0 Å². The third-order valence-electron chi connectivity index (χ3n) is 3.99. The van der Waals surface area contributed by atoms with Crippen LogP contribution in [0.25, 0.3) is 6.08 Å². The molecule has 8 heteroatoms. The first-order valence-electron chi connectivity index (χ1n) is 7.69. The summed E-state index contributed by atoms with van der Waals surface area (Å²) in [7, 11) is 0. The highest BCUT2D eigenvalue weighted by Crippen LogP contribution is 2.40. The molecule has 0 fully saturated rings. The van der Waals surface area contributed by atoms with E-state index in [2.05, 4.69) is 0 Å². The quantitative estimate of drug-likeness (QED) is 0.436. The number of halogens is 8. The van der Waals surface area contributed by atoms with Crippen molar-refractivity contribution in [3.63, 3.8) is 0 Å². The molecule has 0 nitrogen and oxygen atoms in total. The number of hydrogen-bond donors (Lipinski definition) is 0. The maximum Gasteiger partial charge on any atom is 0.416 e. The van der Waals surface area contributed by atoms with Gasteiger partial charge in [-0.05, 0) is 48.2 Å². The Labute approximate surface area is 162 Å². The van der Waals surface area contributed by atoms with Crippen molar-refractivity contribution in [1.82, 2.24) is 0 Å². The fourth-order valence-electron chi connectivity index (χ4n) is 2.60. The number of benzene rings is 2. The van der Waals surface area contributed by atoms with Gasteiger partial charge in [-0.25, -0.2) is 0 Å². The van der Waals surface area contributed by atoms with E-state index in [-0.39, 0.29) is 26.7 Å². The normalized spacial score (nSPS) is 14.0. The Bertz CT molecular complexity index is 842. The standard InChI is InChI=1S/C19H14Cl2F6/c1-10-3-4-12(8-15(10)19(25,26)27)5-6-14(18(22,23)24)13-7-11(2)17(21)16(20)9-13/h3-9,14H,1-2H3/b6-5+. The number of rotatable bonds is 3. The minimum atomic E-state index is -4.66. The van der Waals surface area contributed by atoms with Crippen LogP contribution in [-0.2, 0) is 6.18 Å². The number of aryl methyl sites for hydroxylation is 2. The highest BCUT2D eigenvalue weighted by atomic mass is 35.5. The highest BCUT2D eigenvalue weighted by molar-refractivity contribution is 6.42. The van der Waals surface area contributed by atoms with E-state index in [1.54, 1.807) is 0 Å². The van der Waals surface area contributed by atoms with Crippen molar-refractivity contribution >= 4 is 29.3 Å². The summed E-state index contributed by atoms with van der Waals surface area (Å²) in [6.07, 6.45) is -7.41. The van der Waals surface area contributed by atoms with Gasteiger partial charge in [-0.2, -0.15) is 26.3 Å². The zero-order chi connectivity index (χ0) is 20.6. The van der Waals surface area contributed by atoms with Crippen molar-refractivity contribution < 1.29 is 26.3 Å². The molecule has 146 valence electrons. The lowest BCUT2D eigenvalue weighted by molar-refractivity contribution is -0.139. The first-order chi connectivity index (χ1) is 12.3. The summed E-state index contributed by atoms with van der Waals surface area (Å²) < 4.78 is 79.4. The van der Waals surface area contributed by atoms with Crippen LogP contribution >= 0.6 is 23.2 Å². The Kier molecular flexibility index (Phi) is 6.22. The van der Waals surface area contributed by atoms with E-state index in [0.29, 0.717) is 5.56 Å². The van der Waals surface area contributed by atoms with Crippen LogP contribution in [0.1, 0.15) is 33.7 Å². The largest absolute Gasteiger partial charge is 0.416 e. The van der Waals surface area contributed by atoms with Gasteiger partial charge in [0.05, 0.1) is 21.5 Å². The molecule has 0 heterocycles. The molecule has 0 aliphatic carbocycles. The Balaban J connectivity index is 2.47. The second-order valence-electron chi connectivity index (χ2n) is 6.08. The lowest BCUT2D eigenvalue weighted by Crippen LogP contribution is -2.19. The van der Waals surface area contributed by atoms with Gasteiger partial charge in [-0.15, -0.1) is 0 Å². The van der Waals surface area contributed by atoms with Gasteiger partial charge in [0.2, 0.25) is 0 Å². The third-order valence-corrected chi connectivity index (χ3v) is 4.89. The molecule has 2 aromatic rings. The number of allylic oxidation sites excluding steroid dienone is 1. The zero-order valence-corrected chi connectivity index (χ0v) is 15.7. The molecule has 0 aliphatic rings. The lowest BCUT2D eigenvalue weighted by atomic mass is 9.95. The van der Waals surface area contributed by atoms with Crippen molar-refractivity contribution in [2.45, 2.75) is 32.1 Å². The molecule has 2 rings (SSSR count). The molecular weight excluding hydrogens is 413 g/mol. The van der Waals surface area contributed by atoms with E-state index in [1.165, 1.54) is 32.0 Å². The van der Waals surface area contributed by atoms with Crippen LogP contribution < -0.4 is 0 Å². The fourth-order valence-corrected chi connectivity index (χ4v) is 2.98. The molecule has 27 heavy (non-hydrogen) atoms. The summed E-state index contributed by atoms with van der Waals surface area (Å²) >= 11 is 11.7. The average molecular weight is 427 g/mol. The first-order valence-corrected chi connectivity index (χ1v) is 8.44. The summed E-state index contributed by atoms with van der Waals surface area (Å²) in [5.74, 6) is -2.04. The van der Waals surface area contributed by atoms with Crippen LogP contribution in [0.4, 0.5) is 26.3 Å². The molecule has 1 atom stereocenters. The maximum atomic E-state index is 13.5. The number of alkyl halides is 6. The van der Waals surface area contributed by atoms with Gasteiger partial charge in [0.1, 0.15) is 0 Å². The van der Waals surface area contributed by atoms with Crippen molar-refractivity contribution in [3.8, 4) is 0 Å². The van der Waals surface area contributed by atoms with E-state index >= 15 is 0 Å². The van der Waals surface area contributed by atoms with Crippen molar-refractivity contribution in [2.75, 3.05) is 0 Å². The van der Waals surface area contributed by atoms with Crippen LogP contribution in [0.5, 0.6) is 0 Å². The first kappa shape index (κ1) is 21.6. The summed E-state index contributed by atoms with van der Waals surface area (Å²) in [4.78, 5) is 0. The van der Waals surface area contributed by atoms with Crippen molar-refractivity contribution in [1.29, 1.82) is 0 Å². The fraction of sp³-hybridized carbons (Fsp3) is 0.263. The molecular formula is C19H14Cl2F6. The second-order valence-corrected chi connectivity index (χ2v) is 6.87. The van der Waals surface area contributed by atoms with Crippen molar-refractivity contribution in [3.05, 3.63) is 74.3 Å². The molecule has 0 saturated carbocycles. The molecule has 0 saturated heterocycles. The van der Waals surface area contributed by atoms with Gasteiger partial charge in [-0.1, -0.05) is 53.6 Å². The molecule has 0 N–H and O–H groups in total. The molecule has 2 aromatic carbocycles. The molecule has 0 aliphatic heterocycles. The summed E-state index contributed by atoms with van der Waals surface area (Å²) in [6.45, 7) is 2.80. The molecule has 1 unspecified atom stereocenters. The molecule has 0 bridgehead atoms. The van der Waals surface area contributed by atoms with Gasteiger partial charge >= 0.3 is 12.4 Å². The number of hydrogen-bond acceptors (Lipinski definition) is 0. The molecule has 0 radical (unpaired) electrons. The molecule has 0 amide bonds. The van der Waals surface area contributed by atoms with Crippen LogP contribution in [0.15, 0.2) is 36.4 Å². The Morgan fingerprint density at radius 2 is 1.52 bits per heavy atom. The summed E-state index contributed by atoms with van der Waals surface area (Å²) in [5, 5.41) is 0.127. The van der Waals surface area contributed by atoms with E-state index in [0.717, 1.165) is 24.3 Å². The van der Waals surface area contributed by atoms with Crippen LogP contribution in [0, 0.1) is 13.8 Å². The van der Waals surface area contributed by atoms with Crippen LogP contribution in [0.3, 0.4) is 0 Å². The van der Waals surface area contributed by atoms with Crippen molar-refractivity contribution in [2.24, 2.45) is 0 Å². The lowest BCUT2D eigenvalue weighted by Gasteiger charge is -2.19. The van der Waals surface area contributed by atoms with E-state index in [9.17, 15) is 26.3 Å². The van der Waals surface area contributed by atoms with Gasteiger partial charge in [0.15, 0.2) is 0 Å². The zero-order valence-electron chi connectivity index (χ0n) is 14.1. The van der Waals surface area contributed by atoms with E-state index in [1.807, 2.05) is 0 Å². The van der Waals surface area contributed by atoms with Crippen LogP contribution in [-0.4, -0.2) is 6.18 Å². The highest BCUT2D eigenvalue weighted by Gasteiger charge is 2.39. The van der Waals surface area contributed by atoms with Gasteiger partial charge < -0.3 is 0 Å². The van der Waals surface area contributed by atoms with Gasteiger partial charge in [0, 0.05) is 0 Å². The van der Waals surface area contributed by atoms with E-state index < -0.39 is 23.8 Å². The van der Waals surface area contributed by atoms with Gasteiger partial charge in [-0.3, -0.25) is 0 Å². The summed E-state index contributed by atoms with van der Waals surface area (Å²) in [5.41, 5.74) is -0.657. The minimum Gasteiger partial charge on any atom is -0.170 e. The monoisotopic (exact) mass is 426 g/mol. The summed E-state index contributed by atoms with van der Waals surface area (Å²) in [6, 6.07) is 5.73. The van der Waals surface area contributed by atoms with Crippen LogP contribution in [0.2, 0.25) is 10.0 Å². The van der Waals surface area contributed by atoms with E-state index in [4.69, 9.17) is 23.2 Å². The smallest absolute Gasteiger partial charge is 0.170 e. The maximum absolute atomic E-state index is 13.5. The third kappa shape index (κ3) is 5.20. The Hall–Kier alpha value is -1.66. The Morgan fingerprint density at radius 1 is 0.889 bits per heavy atom. The second kappa shape index (κ2) is 7.76. The minimum absolute atomic E-state index is 0.00729. The SMILES string of the molecule is Cc1ccc(/C=C/C(c2cc(C)c(Cl)c(Cl)c2)C(F)(F)F)cc1C(F)(F)F. The predicted octanol–water partition coefficient (Wildman–Crippen LogP) is 7.99.